The minimum atomic E-state index is 0.00641. The van der Waals surface area contributed by atoms with Crippen molar-refractivity contribution in [2.24, 2.45) is 0 Å². The molecule has 0 aromatic heterocycles. The zero-order valence-electron chi connectivity index (χ0n) is 31.5. The van der Waals surface area contributed by atoms with Crippen LogP contribution in [0.3, 0.4) is 0 Å². The third kappa shape index (κ3) is 36.9. The predicted molar refractivity (Wildman–Crippen MR) is 206 cm³/mol. The van der Waals surface area contributed by atoms with Crippen LogP contribution in [-0.2, 0) is 9.53 Å². The first-order valence-corrected chi connectivity index (χ1v) is 20.0. The molecule has 0 radical (unpaired) electrons. The molecule has 0 N–H and O–H groups in total. The number of unbranched alkanes of at least 4 members (excludes halogenated alkanes) is 18. The highest BCUT2D eigenvalue weighted by molar-refractivity contribution is 5.69. The van der Waals surface area contributed by atoms with E-state index in [0.717, 1.165) is 38.6 Å². The lowest BCUT2D eigenvalue weighted by atomic mass is 10.0. The first kappa shape index (κ1) is 44.4. The molecule has 0 bridgehead atoms. The van der Waals surface area contributed by atoms with E-state index in [1.807, 2.05) is 0 Å². The number of hydrogen-bond donors (Lipinski definition) is 0. The number of esters is 1. The first-order chi connectivity index (χ1) is 22.6. The monoisotopic (exact) mass is 642 g/mol. The smallest absolute Gasteiger partial charge is 0.306 e. The highest BCUT2D eigenvalue weighted by Crippen LogP contribution is 2.18. The van der Waals surface area contributed by atoms with Crippen LogP contribution in [0.4, 0.5) is 0 Å². The van der Waals surface area contributed by atoms with E-state index in [-0.39, 0.29) is 12.1 Å². The van der Waals surface area contributed by atoms with Crippen molar-refractivity contribution in [1.29, 1.82) is 0 Å². The number of allylic oxidation sites excluding steroid dienone is 8. The summed E-state index contributed by atoms with van der Waals surface area (Å²) < 4.78 is 6.00. The topological polar surface area (TPSA) is 29.5 Å². The van der Waals surface area contributed by atoms with Crippen molar-refractivity contribution in [3.63, 3.8) is 0 Å². The molecule has 0 aliphatic carbocycles. The van der Waals surface area contributed by atoms with Gasteiger partial charge in [0.2, 0.25) is 0 Å². The van der Waals surface area contributed by atoms with Gasteiger partial charge in [-0.1, -0.05) is 140 Å². The second-order valence-corrected chi connectivity index (χ2v) is 13.8. The molecular weight excluding hydrogens is 562 g/mol. The first-order valence-electron chi connectivity index (χ1n) is 20.0. The maximum absolute atomic E-state index is 12.5. The fraction of sp³-hybridized carbons (Fsp3) is 0.791. The maximum Gasteiger partial charge on any atom is 0.306 e. The van der Waals surface area contributed by atoms with Gasteiger partial charge in [-0.25, -0.2) is 0 Å². The summed E-state index contributed by atoms with van der Waals surface area (Å²) in [6, 6.07) is 0. The summed E-state index contributed by atoms with van der Waals surface area (Å²) in [6.07, 6.45) is 52.8. The van der Waals surface area contributed by atoms with Crippen LogP contribution in [0.2, 0.25) is 0 Å². The van der Waals surface area contributed by atoms with Crippen molar-refractivity contribution in [2.45, 2.75) is 200 Å². The summed E-state index contributed by atoms with van der Waals surface area (Å²) in [5.41, 5.74) is 0. The average Bonchev–Trinajstić information content (AvgIpc) is 3.04. The Bertz CT molecular complexity index is 687. The molecule has 0 aliphatic rings. The van der Waals surface area contributed by atoms with Gasteiger partial charge in [-0.2, -0.15) is 0 Å². The van der Waals surface area contributed by atoms with Gasteiger partial charge in [-0.3, -0.25) is 4.79 Å². The molecule has 0 aliphatic heterocycles. The van der Waals surface area contributed by atoms with E-state index < -0.39 is 0 Å². The van der Waals surface area contributed by atoms with Crippen LogP contribution in [0.25, 0.3) is 0 Å². The molecule has 0 aromatic rings. The third-order valence-electron chi connectivity index (χ3n) is 8.74. The molecule has 0 heterocycles. The van der Waals surface area contributed by atoms with E-state index >= 15 is 0 Å². The molecule has 3 nitrogen and oxygen atoms in total. The van der Waals surface area contributed by atoms with Crippen LogP contribution in [-0.4, -0.2) is 37.6 Å². The lowest BCUT2D eigenvalue weighted by molar-refractivity contribution is -0.150. The SMILES string of the molecule is CCCCCC=CCC=CCCCCCCCCC(CCCCCCCCC=CCC=CCCCCC)OC(=O)CCCN(C)C. The van der Waals surface area contributed by atoms with Gasteiger partial charge in [-0.05, 0) is 117 Å². The molecular formula is C43H79NO2. The van der Waals surface area contributed by atoms with Crippen molar-refractivity contribution in [3.8, 4) is 0 Å². The Labute approximate surface area is 288 Å². The minimum absolute atomic E-state index is 0.00641. The van der Waals surface area contributed by atoms with Crippen LogP contribution < -0.4 is 0 Å². The summed E-state index contributed by atoms with van der Waals surface area (Å²) in [5.74, 6) is 0.00641. The fourth-order valence-corrected chi connectivity index (χ4v) is 5.77. The molecule has 46 heavy (non-hydrogen) atoms. The van der Waals surface area contributed by atoms with E-state index in [2.05, 4.69) is 81.5 Å². The molecule has 0 saturated carbocycles. The highest BCUT2D eigenvalue weighted by Gasteiger charge is 2.14. The number of ether oxygens (including phenoxy) is 1. The lowest BCUT2D eigenvalue weighted by Crippen LogP contribution is -2.20. The number of carbonyl (C=O) groups excluding carboxylic acids is 1. The Hall–Kier alpha value is -1.61. The largest absolute Gasteiger partial charge is 0.462 e. The normalized spacial score (nSPS) is 13.0. The van der Waals surface area contributed by atoms with Gasteiger partial charge in [0.25, 0.3) is 0 Å². The summed E-state index contributed by atoms with van der Waals surface area (Å²) in [5, 5.41) is 0. The van der Waals surface area contributed by atoms with Crippen molar-refractivity contribution < 1.29 is 9.53 Å². The quantitative estimate of drug-likeness (QED) is 0.0392. The van der Waals surface area contributed by atoms with Gasteiger partial charge in [0.1, 0.15) is 6.10 Å². The van der Waals surface area contributed by atoms with Gasteiger partial charge in [0, 0.05) is 6.42 Å². The molecule has 3 heteroatoms. The summed E-state index contributed by atoms with van der Waals surface area (Å²) in [4.78, 5) is 14.7. The van der Waals surface area contributed by atoms with Gasteiger partial charge in [0.05, 0.1) is 0 Å². The van der Waals surface area contributed by atoms with Crippen LogP contribution in [0.1, 0.15) is 194 Å². The Morgan fingerprint density at radius 3 is 1.26 bits per heavy atom. The molecule has 0 rings (SSSR count). The van der Waals surface area contributed by atoms with E-state index in [0.29, 0.717) is 6.42 Å². The molecule has 0 amide bonds. The number of hydrogen-bond acceptors (Lipinski definition) is 3. The van der Waals surface area contributed by atoms with Gasteiger partial charge < -0.3 is 9.64 Å². The van der Waals surface area contributed by atoms with Gasteiger partial charge in [0.15, 0.2) is 0 Å². The van der Waals surface area contributed by atoms with Gasteiger partial charge in [-0.15, -0.1) is 0 Å². The molecule has 0 spiro atoms. The van der Waals surface area contributed by atoms with Crippen LogP contribution in [0, 0.1) is 0 Å². The molecule has 268 valence electrons. The number of carbonyl (C=O) groups is 1. The standard InChI is InChI=1S/C43H79NO2/c1-5-7-9-11-13-15-17-19-21-23-25-27-29-31-33-35-38-42(46-43(45)40-37-41-44(3)4)39-36-34-32-30-28-26-24-22-20-18-16-14-12-10-8-6-2/h13-16,19-22,42H,5-12,17-18,23-41H2,1-4H3. The molecule has 0 aromatic carbocycles. The maximum atomic E-state index is 12.5. The Morgan fingerprint density at radius 1 is 0.500 bits per heavy atom. The molecule has 0 unspecified atom stereocenters. The van der Waals surface area contributed by atoms with E-state index in [1.165, 1.54) is 141 Å². The van der Waals surface area contributed by atoms with Crippen molar-refractivity contribution in [3.05, 3.63) is 48.6 Å². The summed E-state index contributed by atoms with van der Waals surface area (Å²) in [6.45, 7) is 5.46. The summed E-state index contributed by atoms with van der Waals surface area (Å²) >= 11 is 0. The zero-order valence-corrected chi connectivity index (χ0v) is 31.5. The van der Waals surface area contributed by atoms with Crippen molar-refractivity contribution in [2.75, 3.05) is 20.6 Å². The second kappa shape index (κ2) is 37.8. The van der Waals surface area contributed by atoms with Crippen LogP contribution >= 0.6 is 0 Å². The van der Waals surface area contributed by atoms with Crippen LogP contribution in [0.15, 0.2) is 48.6 Å². The Balaban J connectivity index is 4.01. The molecule has 0 fully saturated rings. The zero-order chi connectivity index (χ0) is 33.6. The second-order valence-electron chi connectivity index (χ2n) is 13.8. The van der Waals surface area contributed by atoms with Crippen LogP contribution in [0.5, 0.6) is 0 Å². The molecule has 0 saturated heterocycles. The van der Waals surface area contributed by atoms with E-state index in [1.54, 1.807) is 0 Å². The Kier molecular flexibility index (Phi) is 36.5. The van der Waals surface area contributed by atoms with E-state index in [9.17, 15) is 4.79 Å². The van der Waals surface area contributed by atoms with Crippen molar-refractivity contribution >= 4 is 5.97 Å². The van der Waals surface area contributed by atoms with E-state index in [4.69, 9.17) is 4.74 Å². The average molecular weight is 642 g/mol. The molecule has 0 atom stereocenters. The third-order valence-corrected chi connectivity index (χ3v) is 8.74. The highest BCUT2D eigenvalue weighted by atomic mass is 16.5. The summed E-state index contributed by atoms with van der Waals surface area (Å²) in [7, 11) is 4.12. The minimum Gasteiger partial charge on any atom is -0.462 e. The number of rotatable bonds is 35. The van der Waals surface area contributed by atoms with Gasteiger partial charge >= 0.3 is 5.97 Å². The number of nitrogens with zero attached hydrogens (tertiary/aromatic N) is 1. The van der Waals surface area contributed by atoms with Crippen molar-refractivity contribution in [1.82, 2.24) is 4.90 Å². The predicted octanol–water partition coefficient (Wildman–Crippen LogP) is 13.6. The lowest BCUT2D eigenvalue weighted by Gasteiger charge is -2.18. The fourth-order valence-electron chi connectivity index (χ4n) is 5.77. The Morgan fingerprint density at radius 2 is 0.870 bits per heavy atom.